The molecule has 0 N–H and O–H groups in total. The average molecular weight is 412 g/mol. The van der Waals surface area contributed by atoms with E-state index in [1.54, 1.807) is 0 Å². The van der Waals surface area contributed by atoms with Crippen LogP contribution in [0.3, 0.4) is 0 Å². The van der Waals surface area contributed by atoms with E-state index in [4.69, 9.17) is 4.74 Å². The molecule has 28 heavy (non-hydrogen) atoms. The summed E-state index contributed by atoms with van der Waals surface area (Å²) in [5, 5.41) is 0.419. The highest BCUT2D eigenvalue weighted by Crippen LogP contribution is 2.24. The predicted molar refractivity (Wildman–Crippen MR) is 115 cm³/mol. The summed E-state index contributed by atoms with van der Waals surface area (Å²) < 4.78 is 9.73. The third-order valence-corrected chi connectivity index (χ3v) is 6.70. The molecule has 1 amide bonds. The number of ether oxygens (including phenoxy) is 1. The molecule has 4 rings (SSSR count). The number of fused-ring (bicyclic) bond motifs is 2. The Labute approximate surface area is 171 Å². The molecule has 0 saturated carbocycles. The molecular formula is C21H21N3O2S2. The molecule has 0 radical (unpaired) electrons. The van der Waals surface area contributed by atoms with Gasteiger partial charge in [-0.3, -0.25) is 4.79 Å². The van der Waals surface area contributed by atoms with E-state index in [1.807, 2.05) is 31.2 Å². The fourth-order valence-electron chi connectivity index (χ4n) is 3.02. The molecule has 144 valence electrons. The molecule has 0 aliphatic carbocycles. The van der Waals surface area contributed by atoms with Crippen molar-refractivity contribution in [2.75, 3.05) is 13.2 Å². The topological polar surface area (TPSA) is 56.5 Å². The zero-order chi connectivity index (χ0) is 19.7. The molecule has 0 unspecified atom stereocenters. The van der Waals surface area contributed by atoms with E-state index in [0.29, 0.717) is 29.6 Å². The lowest BCUT2D eigenvalue weighted by Crippen LogP contribution is -2.19. The van der Waals surface area contributed by atoms with Gasteiger partial charge in [-0.05, 0) is 56.2 Å². The maximum atomic E-state index is 12.8. The second kappa shape index (κ2) is 7.95. The summed E-state index contributed by atoms with van der Waals surface area (Å²) in [6.45, 7) is 8.08. The van der Waals surface area contributed by atoms with Crippen molar-refractivity contribution in [1.29, 1.82) is 0 Å². The fourth-order valence-corrected chi connectivity index (χ4v) is 5.01. The third-order valence-electron chi connectivity index (χ3n) is 4.64. The SMILES string of the molecule is CCOCCn1c(=NC(=O)c2nc3ccccc3s2)sc2cc(C)c(C)cc21. The van der Waals surface area contributed by atoms with Gasteiger partial charge in [0.25, 0.3) is 0 Å². The van der Waals surface area contributed by atoms with Crippen LogP contribution in [0.15, 0.2) is 41.4 Å². The predicted octanol–water partition coefficient (Wildman–Crippen LogP) is 4.71. The molecule has 2 heterocycles. The van der Waals surface area contributed by atoms with Gasteiger partial charge in [-0.15, -0.1) is 11.3 Å². The summed E-state index contributed by atoms with van der Waals surface area (Å²) in [7, 11) is 0. The Kier molecular flexibility index (Phi) is 5.39. The van der Waals surface area contributed by atoms with Gasteiger partial charge in [0.1, 0.15) is 0 Å². The van der Waals surface area contributed by atoms with Gasteiger partial charge in [0.15, 0.2) is 9.81 Å². The van der Waals surface area contributed by atoms with Gasteiger partial charge >= 0.3 is 5.91 Å². The normalized spacial score (nSPS) is 12.3. The van der Waals surface area contributed by atoms with Crippen LogP contribution in [-0.2, 0) is 11.3 Å². The van der Waals surface area contributed by atoms with Crippen LogP contribution in [-0.4, -0.2) is 28.7 Å². The first-order valence-corrected chi connectivity index (χ1v) is 10.8. The molecule has 5 nitrogen and oxygen atoms in total. The van der Waals surface area contributed by atoms with Crippen molar-refractivity contribution in [2.45, 2.75) is 27.3 Å². The number of carbonyl (C=O) groups excluding carboxylic acids is 1. The molecule has 0 bridgehead atoms. The zero-order valence-corrected chi connectivity index (χ0v) is 17.7. The molecule has 0 aliphatic heterocycles. The molecule has 2 aromatic carbocycles. The van der Waals surface area contributed by atoms with E-state index in [2.05, 4.69) is 40.5 Å². The summed E-state index contributed by atoms with van der Waals surface area (Å²) in [5.74, 6) is -0.300. The minimum atomic E-state index is -0.300. The highest BCUT2D eigenvalue weighted by atomic mass is 32.1. The summed E-state index contributed by atoms with van der Waals surface area (Å²) in [6.07, 6.45) is 0. The van der Waals surface area contributed by atoms with Crippen molar-refractivity contribution < 1.29 is 9.53 Å². The first-order valence-electron chi connectivity index (χ1n) is 9.19. The molecule has 0 fully saturated rings. The molecule has 0 spiro atoms. The van der Waals surface area contributed by atoms with Gasteiger partial charge in [-0.25, -0.2) is 4.98 Å². The van der Waals surface area contributed by atoms with E-state index in [9.17, 15) is 4.79 Å². The molecular weight excluding hydrogens is 390 g/mol. The number of aryl methyl sites for hydroxylation is 2. The Hall–Kier alpha value is -2.35. The van der Waals surface area contributed by atoms with Gasteiger partial charge in [-0.2, -0.15) is 4.99 Å². The lowest BCUT2D eigenvalue weighted by Gasteiger charge is -2.07. The Bertz CT molecular complexity index is 1200. The van der Waals surface area contributed by atoms with Crippen LogP contribution >= 0.6 is 22.7 Å². The number of hydrogen-bond acceptors (Lipinski definition) is 5. The van der Waals surface area contributed by atoms with E-state index >= 15 is 0 Å². The Morgan fingerprint density at radius 1 is 1.14 bits per heavy atom. The smallest absolute Gasteiger partial charge is 0.308 e. The summed E-state index contributed by atoms with van der Waals surface area (Å²) >= 11 is 2.91. The van der Waals surface area contributed by atoms with E-state index < -0.39 is 0 Å². The van der Waals surface area contributed by atoms with Gasteiger partial charge < -0.3 is 9.30 Å². The molecule has 0 saturated heterocycles. The number of benzene rings is 2. The van der Waals surface area contributed by atoms with Crippen molar-refractivity contribution in [2.24, 2.45) is 4.99 Å². The summed E-state index contributed by atoms with van der Waals surface area (Å²) in [5.41, 5.74) is 4.37. The zero-order valence-electron chi connectivity index (χ0n) is 16.1. The molecule has 2 aromatic heterocycles. The van der Waals surface area contributed by atoms with E-state index in [-0.39, 0.29) is 5.91 Å². The molecule has 0 atom stereocenters. The lowest BCUT2D eigenvalue weighted by atomic mass is 10.1. The average Bonchev–Trinajstić information content (AvgIpc) is 3.24. The fraction of sp³-hybridized carbons (Fsp3) is 0.286. The Morgan fingerprint density at radius 3 is 2.71 bits per heavy atom. The number of amides is 1. The van der Waals surface area contributed by atoms with Crippen LogP contribution in [0.5, 0.6) is 0 Å². The van der Waals surface area contributed by atoms with Gasteiger partial charge in [0.05, 0.1) is 27.0 Å². The van der Waals surface area contributed by atoms with Crippen LogP contribution in [0.25, 0.3) is 20.4 Å². The maximum Gasteiger partial charge on any atom is 0.308 e. The van der Waals surface area contributed by atoms with Crippen LogP contribution in [0.2, 0.25) is 0 Å². The number of aromatic nitrogens is 2. The van der Waals surface area contributed by atoms with Gasteiger partial charge in [0, 0.05) is 13.2 Å². The third kappa shape index (κ3) is 3.65. The van der Waals surface area contributed by atoms with Crippen molar-refractivity contribution in [3.8, 4) is 0 Å². The first-order chi connectivity index (χ1) is 13.6. The standard InChI is InChI=1S/C21H21N3O2S2/c1-4-26-10-9-24-16-11-13(2)14(3)12-18(16)28-21(24)23-19(25)20-22-15-7-5-6-8-17(15)27-20/h5-8,11-12H,4,9-10H2,1-3H3. The first kappa shape index (κ1) is 19.0. The van der Waals surface area contributed by atoms with Crippen molar-refractivity contribution in [1.82, 2.24) is 9.55 Å². The number of nitrogens with zero attached hydrogens (tertiary/aromatic N) is 3. The molecule has 4 aromatic rings. The van der Waals surface area contributed by atoms with Crippen molar-refractivity contribution in [3.63, 3.8) is 0 Å². The van der Waals surface area contributed by atoms with Crippen LogP contribution < -0.4 is 4.80 Å². The van der Waals surface area contributed by atoms with Crippen LogP contribution in [0, 0.1) is 13.8 Å². The molecule has 0 aliphatic rings. The van der Waals surface area contributed by atoms with Gasteiger partial charge in [0.2, 0.25) is 0 Å². The highest BCUT2D eigenvalue weighted by molar-refractivity contribution is 7.20. The number of thiazole rings is 2. The van der Waals surface area contributed by atoms with Crippen LogP contribution in [0.4, 0.5) is 0 Å². The minimum absolute atomic E-state index is 0.300. The Balaban J connectivity index is 1.80. The van der Waals surface area contributed by atoms with E-state index in [0.717, 1.165) is 20.4 Å². The van der Waals surface area contributed by atoms with E-state index in [1.165, 1.54) is 33.8 Å². The highest BCUT2D eigenvalue weighted by Gasteiger charge is 2.14. The maximum absolute atomic E-state index is 12.8. The largest absolute Gasteiger partial charge is 0.380 e. The molecule has 7 heteroatoms. The minimum Gasteiger partial charge on any atom is -0.380 e. The summed E-state index contributed by atoms with van der Waals surface area (Å²) in [4.78, 5) is 22.4. The van der Waals surface area contributed by atoms with Crippen LogP contribution in [0.1, 0.15) is 27.9 Å². The number of para-hydroxylation sites is 1. The van der Waals surface area contributed by atoms with Crippen molar-refractivity contribution in [3.05, 3.63) is 57.3 Å². The number of carbonyl (C=O) groups is 1. The van der Waals surface area contributed by atoms with Crippen molar-refractivity contribution >= 4 is 49.0 Å². The number of hydrogen-bond donors (Lipinski definition) is 0. The number of rotatable bonds is 5. The second-order valence-electron chi connectivity index (χ2n) is 6.54. The monoisotopic (exact) mass is 411 g/mol. The quantitative estimate of drug-likeness (QED) is 0.447. The lowest BCUT2D eigenvalue weighted by molar-refractivity contribution is 0.0996. The summed E-state index contributed by atoms with van der Waals surface area (Å²) in [6, 6.07) is 12.1. The van der Waals surface area contributed by atoms with Gasteiger partial charge in [-0.1, -0.05) is 23.5 Å². The second-order valence-corrected chi connectivity index (χ2v) is 8.58. The Morgan fingerprint density at radius 2 is 1.93 bits per heavy atom.